The molecular formula is C15H13F3N2O4. The van der Waals surface area contributed by atoms with Crippen LogP contribution in [0.25, 0.3) is 0 Å². The average Bonchev–Trinajstić information content (AvgIpc) is 2.82. The number of carbonyl (C=O) groups excluding carboxylic acids is 3. The number of amides is 3. The van der Waals surface area contributed by atoms with Crippen molar-refractivity contribution in [3.63, 3.8) is 0 Å². The molecule has 9 heteroatoms. The Morgan fingerprint density at radius 2 is 1.96 bits per heavy atom. The van der Waals surface area contributed by atoms with Gasteiger partial charge in [-0.3, -0.25) is 19.7 Å². The Kier molecular flexibility index (Phi) is 3.73. The van der Waals surface area contributed by atoms with E-state index in [9.17, 15) is 27.6 Å². The minimum absolute atomic E-state index is 0.0148. The topological polar surface area (TPSA) is 75.7 Å². The third kappa shape index (κ3) is 2.59. The number of fused-ring (bicyclic) bond motifs is 1. The molecule has 2 aliphatic rings. The van der Waals surface area contributed by atoms with Crippen LogP contribution in [0.2, 0.25) is 0 Å². The van der Waals surface area contributed by atoms with E-state index in [2.05, 4.69) is 5.32 Å². The lowest BCUT2D eigenvalue weighted by Crippen LogP contribution is -2.52. The molecule has 1 atom stereocenters. The molecule has 6 nitrogen and oxygen atoms in total. The molecule has 0 spiro atoms. The predicted octanol–water partition coefficient (Wildman–Crippen LogP) is 1.47. The van der Waals surface area contributed by atoms with Crippen molar-refractivity contribution in [1.29, 1.82) is 0 Å². The summed E-state index contributed by atoms with van der Waals surface area (Å²) in [4.78, 5) is 36.7. The first kappa shape index (κ1) is 16.3. The molecule has 1 aromatic rings. The number of hydrogen-bond acceptors (Lipinski definition) is 4. The molecule has 1 aromatic carbocycles. The van der Waals surface area contributed by atoms with E-state index < -0.39 is 41.1 Å². The smallest absolute Gasteiger partial charge is 0.417 e. The number of nitrogens with zero attached hydrogens (tertiary/aromatic N) is 1. The van der Waals surface area contributed by atoms with Crippen LogP contribution in [0.1, 0.15) is 34.3 Å². The summed E-state index contributed by atoms with van der Waals surface area (Å²) < 4.78 is 44.7. The zero-order chi connectivity index (χ0) is 17.6. The monoisotopic (exact) mass is 342 g/mol. The highest BCUT2D eigenvalue weighted by Gasteiger charge is 2.45. The van der Waals surface area contributed by atoms with Crippen LogP contribution in [-0.4, -0.2) is 35.8 Å². The summed E-state index contributed by atoms with van der Waals surface area (Å²) in [7, 11) is 1.23. The number of methoxy groups -OCH3 is 1. The largest absolute Gasteiger partial charge is 0.497 e. The standard InChI is InChI=1S/C15H13F3N2O4/c1-24-8-4-7-6-20(10-2-3-11(21)19-13(10)22)14(23)12(7)9(5-8)15(16,17)18/h4-5,10H,2-3,6H2,1H3,(H,19,21,22). The third-order valence-electron chi connectivity index (χ3n) is 4.14. The first-order chi connectivity index (χ1) is 11.2. The molecule has 0 bridgehead atoms. The SMILES string of the molecule is COc1cc2c(c(C(F)(F)F)c1)C(=O)N(C1CCC(=O)NC1=O)C2. The average molecular weight is 342 g/mol. The highest BCUT2D eigenvalue weighted by Crippen LogP contribution is 2.40. The van der Waals surface area contributed by atoms with E-state index in [4.69, 9.17) is 4.74 Å². The zero-order valence-electron chi connectivity index (χ0n) is 12.6. The highest BCUT2D eigenvalue weighted by molar-refractivity contribution is 6.06. The van der Waals surface area contributed by atoms with Crippen LogP contribution in [0.3, 0.4) is 0 Å². The van der Waals surface area contributed by atoms with E-state index in [-0.39, 0.29) is 30.7 Å². The van der Waals surface area contributed by atoms with Crippen LogP contribution in [-0.2, 0) is 22.3 Å². The number of benzene rings is 1. The normalized spacial score (nSPS) is 20.9. The summed E-state index contributed by atoms with van der Waals surface area (Å²) in [5.41, 5.74) is -1.40. The Morgan fingerprint density at radius 1 is 1.25 bits per heavy atom. The lowest BCUT2D eigenvalue weighted by molar-refractivity contribution is -0.138. The predicted molar refractivity (Wildman–Crippen MR) is 74.0 cm³/mol. The van der Waals surface area contributed by atoms with Crippen LogP contribution in [0.15, 0.2) is 12.1 Å². The molecule has 2 heterocycles. The molecule has 0 aromatic heterocycles. The fraction of sp³-hybridized carbons (Fsp3) is 0.400. The van der Waals surface area contributed by atoms with E-state index in [0.717, 1.165) is 11.0 Å². The zero-order valence-corrected chi connectivity index (χ0v) is 12.6. The summed E-state index contributed by atoms with van der Waals surface area (Å²) >= 11 is 0. The second-order valence-corrected chi connectivity index (χ2v) is 5.61. The molecule has 1 fully saturated rings. The first-order valence-electron chi connectivity index (χ1n) is 7.15. The maximum atomic E-state index is 13.3. The van der Waals surface area contributed by atoms with E-state index in [1.165, 1.54) is 13.2 Å². The van der Waals surface area contributed by atoms with Gasteiger partial charge >= 0.3 is 6.18 Å². The molecule has 2 aliphatic heterocycles. The maximum absolute atomic E-state index is 13.3. The van der Waals surface area contributed by atoms with Gasteiger partial charge in [0.2, 0.25) is 11.8 Å². The fourth-order valence-electron chi connectivity index (χ4n) is 3.02. The second-order valence-electron chi connectivity index (χ2n) is 5.61. The Morgan fingerprint density at radius 3 is 2.54 bits per heavy atom. The summed E-state index contributed by atoms with van der Waals surface area (Å²) in [6.45, 7) is -0.138. The number of ether oxygens (including phenoxy) is 1. The van der Waals surface area contributed by atoms with Crippen molar-refractivity contribution in [1.82, 2.24) is 10.2 Å². The summed E-state index contributed by atoms with van der Waals surface area (Å²) in [5, 5.41) is 2.10. The lowest BCUT2D eigenvalue weighted by Gasteiger charge is -2.29. The van der Waals surface area contributed by atoms with Gasteiger partial charge in [0, 0.05) is 13.0 Å². The number of piperidine rings is 1. The number of hydrogen-bond donors (Lipinski definition) is 1. The first-order valence-corrected chi connectivity index (χ1v) is 7.15. The lowest BCUT2D eigenvalue weighted by atomic mass is 10.0. The molecular weight excluding hydrogens is 329 g/mol. The van der Waals surface area contributed by atoms with Crippen molar-refractivity contribution in [2.24, 2.45) is 0 Å². The van der Waals surface area contributed by atoms with Crippen molar-refractivity contribution in [2.75, 3.05) is 7.11 Å². The molecule has 0 radical (unpaired) electrons. The fourth-order valence-corrected chi connectivity index (χ4v) is 3.02. The Labute approximate surface area is 134 Å². The second kappa shape index (κ2) is 5.50. The van der Waals surface area contributed by atoms with Crippen LogP contribution in [0.4, 0.5) is 13.2 Å². The Hall–Kier alpha value is -2.58. The van der Waals surface area contributed by atoms with Crippen molar-refractivity contribution >= 4 is 17.7 Å². The van der Waals surface area contributed by atoms with Crippen molar-refractivity contribution in [3.05, 3.63) is 28.8 Å². The van der Waals surface area contributed by atoms with Crippen LogP contribution < -0.4 is 10.1 Å². The van der Waals surface area contributed by atoms with Gasteiger partial charge in [0.25, 0.3) is 5.91 Å². The molecule has 1 unspecified atom stereocenters. The maximum Gasteiger partial charge on any atom is 0.417 e. The van der Waals surface area contributed by atoms with Crippen LogP contribution >= 0.6 is 0 Å². The molecule has 128 valence electrons. The Bertz CT molecular complexity index is 745. The van der Waals surface area contributed by atoms with E-state index >= 15 is 0 Å². The quantitative estimate of drug-likeness (QED) is 0.826. The number of imide groups is 1. The minimum atomic E-state index is -4.73. The van der Waals surface area contributed by atoms with Gasteiger partial charge in [0.05, 0.1) is 18.2 Å². The van der Waals surface area contributed by atoms with Gasteiger partial charge in [-0.25, -0.2) is 0 Å². The molecule has 1 N–H and O–H groups in total. The van der Waals surface area contributed by atoms with Gasteiger partial charge < -0.3 is 9.64 Å². The van der Waals surface area contributed by atoms with E-state index in [0.29, 0.717) is 0 Å². The van der Waals surface area contributed by atoms with Gasteiger partial charge in [0.1, 0.15) is 11.8 Å². The van der Waals surface area contributed by atoms with E-state index in [1.54, 1.807) is 0 Å². The van der Waals surface area contributed by atoms with Gasteiger partial charge in [-0.15, -0.1) is 0 Å². The third-order valence-corrected chi connectivity index (χ3v) is 4.14. The minimum Gasteiger partial charge on any atom is -0.497 e. The summed E-state index contributed by atoms with van der Waals surface area (Å²) in [6.07, 6.45) is -4.61. The van der Waals surface area contributed by atoms with Gasteiger partial charge in [0.15, 0.2) is 0 Å². The summed E-state index contributed by atoms with van der Waals surface area (Å²) in [5.74, 6) is -2.01. The van der Waals surface area contributed by atoms with Crippen LogP contribution in [0.5, 0.6) is 5.75 Å². The summed E-state index contributed by atoms with van der Waals surface area (Å²) in [6, 6.07) is 1.16. The van der Waals surface area contributed by atoms with Crippen LogP contribution in [0, 0.1) is 0 Å². The molecule has 24 heavy (non-hydrogen) atoms. The number of halogens is 3. The molecule has 0 saturated carbocycles. The van der Waals surface area contributed by atoms with Crippen molar-refractivity contribution < 1.29 is 32.3 Å². The van der Waals surface area contributed by atoms with Crippen molar-refractivity contribution in [3.8, 4) is 5.75 Å². The van der Waals surface area contributed by atoms with Gasteiger partial charge in [-0.1, -0.05) is 0 Å². The van der Waals surface area contributed by atoms with Gasteiger partial charge in [-0.05, 0) is 24.1 Å². The molecule has 3 rings (SSSR count). The molecule has 1 saturated heterocycles. The van der Waals surface area contributed by atoms with E-state index in [1.807, 2.05) is 0 Å². The molecule has 3 amide bonds. The van der Waals surface area contributed by atoms with Gasteiger partial charge in [-0.2, -0.15) is 13.2 Å². The number of rotatable bonds is 2. The Balaban J connectivity index is 2.01. The van der Waals surface area contributed by atoms with Crippen molar-refractivity contribution in [2.45, 2.75) is 31.6 Å². The number of alkyl halides is 3. The highest BCUT2D eigenvalue weighted by atomic mass is 19.4. The number of carbonyl (C=O) groups is 3. The number of nitrogens with one attached hydrogen (secondary N) is 1. The molecule has 0 aliphatic carbocycles.